The minimum absolute atomic E-state index is 0.0417. The van der Waals surface area contributed by atoms with E-state index in [0.717, 1.165) is 19.3 Å². The smallest absolute Gasteiger partial charge is 0.245 e. The van der Waals surface area contributed by atoms with Crippen molar-refractivity contribution in [2.24, 2.45) is 40.9 Å². The maximum Gasteiger partial charge on any atom is 0.245 e. The molecule has 1 rings (SSSR count). The first kappa shape index (κ1) is 64.0. The summed E-state index contributed by atoms with van der Waals surface area (Å²) in [6.45, 7) is 13.8. The number of amides is 9. The van der Waals surface area contributed by atoms with Crippen molar-refractivity contribution in [3.8, 4) is 0 Å². The Morgan fingerprint density at radius 1 is 0.592 bits per heavy atom. The van der Waals surface area contributed by atoms with E-state index in [4.69, 9.17) is 17.2 Å². The van der Waals surface area contributed by atoms with Crippen LogP contribution in [0.5, 0.6) is 0 Å². The molecule has 1 heterocycles. The van der Waals surface area contributed by atoms with Crippen LogP contribution >= 0.6 is 0 Å². The monoisotopic (exact) mass is 1010 g/mol. The van der Waals surface area contributed by atoms with Gasteiger partial charge in [-0.05, 0) is 94.7 Å². The molecular weight excluding hydrogens is 921 g/mol. The number of aliphatic hydroxyl groups is 2. The summed E-state index contributed by atoms with van der Waals surface area (Å²) >= 11 is 0. The van der Waals surface area contributed by atoms with Crippen LogP contribution < -0.4 is 65.1 Å². The molecule has 23 nitrogen and oxygen atoms in total. The number of nitrogens with two attached hydrogens (primary N) is 3. The highest BCUT2D eigenvalue weighted by Crippen LogP contribution is 2.15. The summed E-state index contributed by atoms with van der Waals surface area (Å²) in [5.74, 6) is -7.01. The number of unbranched alkanes of at least 4 members (excludes halogenated alkanes) is 1. The van der Waals surface area contributed by atoms with Gasteiger partial charge in [0.05, 0.1) is 19.1 Å². The Bertz CT molecular complexity index is 1700. The Morgan fingerprint density at radius 2 is 0.972 bits per heavy atom. The minimum atomic E-state index is -1.57. The lowest BCUT2D eigenvalue weighted by Crippen LogP contribution is -2.61. The lowest BCUT2D eigenvalue weighted by atomic mass is 9.99. The van der Waals surface area contributed by atoms with Crippen molar-refractivity contribution in [3.05, 3.63) is 0 Å². The number of aliphatic hydroxyl groups excluding tert-OH is 2. The Kier molecular flexibility index (Phi) is 31.0. The van der Waals surface area contributed by atoms with Crippen molar-refractivity contribution in [1.82, 2.24) is 47.9 Å². The first-order valence-corrected chi connectivity index (χ1v) is 25.6. The number of carbonyl (C=O) groups excluding carboxylic acids is 9. The standard InChI is InChI=1S/C48H90N12O11/c1-9-30(8)12-10-11-13-31(62)25-40(63)53-39(26-61)48(71)57-35-17-21-52-41(64)36(22-27(2)3)58-43(66)33(15-19-50)54-42(65)32(14-18-49)56-46(69)37(23-28(4)5)60-47(70)38(24-29(6)7)59-44(67)34(16-20-51)55-45(35)68/h27-39,61-62H,9-26,49-51H2,1-8H3,(H,52,64)(H,53,63)(H,54,65)(H,55,68)(H,56,69)(H,57,71)(H,58,66)(H,59,67)(H,60,70). The summed E-state index contributed by atoms with van der Waals surface area (Å²) in [4.78, 5) is 124. The molecule has 10 unspecified atom stereocenters. The summed E-state index contributed by atoms with van der Waals surface area (Å²) in [5, 5.41) is 44.3. The number of nitrogens with one attached hydrogen (secondary N) is 9. The zero-order valence-electron chi connectivity index (χ0n) is 43.5. The van der Waals surface area contributed by atoms with E-state index in [1.54, 1.807) is 0 Å². The molecule has 9 amide bonds. The maximum atomic E-state index is 14.2. The fourth-order valence-corrected chi connectivity index (χ4v) is 7.89. The van der Waals surface area contributed by atoms with E-state index in [9.17, 15) is 53.4 Å². The second-order valence-electron chi connectivity index (χ2n) is 20.1. The molecule has 0 saturated carbocycles. The highest BCUT2D eigenvalue weighted by atomic mass is 16.3. The Labute approximate surface area is 420 Å². The van der Waals surface area contributed by atoms with Gasteiger partial charge < -0.3 is 75.3 Å². The first-order chi connectivity index (χ1) is 33.5. The molecule has 1 aliphatic rings. The van der Waals surface area contributed by atoms with Gasteiger partial charge in [0.2, 0.25) is 53.2 Å². The Balaban J connectivity index is 3.75. The van der Waals surface area contributed by atoms with E-state index in [1.165, 1.54) is 0 Å². The molecule has 17 N–H and O–H groups in total. The van der Waals surface area contributed by atoms with Gasteiger partial charge >= 0.3 is 0 Å². The molecule has 0 bridgehead atoms. The van der Waals surface area contributed by atoms with Gasteiger partial charge in [-0.1, -0.05) is 81.1 Å². The third kappa shape index (κ3) is 25.3. The predicted molar refractivity (Wildman–Crippen MR) is 268 cm³/mol. The largest absolute Gasteiger partial charge is 0.394 e. The Morgan fingerprint density at radius 3 is 1.37 bits per heavy atom. The third-order valence-electron chi connectivity index (χ3n) is 12.1. The first-order valence-electron chi connectivity index (χ1n) is 25.6. The van der Waals surface area contributed by atoms with Crippen LogP contribution in [-0.4, -0.2) is 151 Å². The second-order valence-corrected chi connectivity index (χ2v) is 20.1. The average Bonchev–Trinajstić information content (AvgIpc) is 3.29. The van der Waals surface area contributed by atoms with Gasteiger partial charge in [0, 0.05) is 6.54 Å². The third-order valence-corrected chi connectivity index (χ3v) is 12.1. The van der Waals surface area contributed by atoms with Gasteiger partial charge in [-0.2, -0.15) is 0 Å². The van der Waals surface area contributed by atoms with E-state index < -0.39 is 114 Å². The van der Waals surface area contributed by atoms with E-state index >= 15 is 0 Å². The van der Waals surface area contributed by atoms with Crippen LogP contribution in [-0.2, 0) is 43.2 Å². The van der Waals surface area contributed by atoms with E-state index in [0.29, 0.717) is 18.8 Å². The van der Waals surface area contributed by atoms with Gasteiger partial charge in [-0.3, -0.25) is 43.2 Å². The van der Waals surface area contributed by atoms with Crippen molar-refractivity contribution in [2.75, 3.05) is 32.8 Å². The van der Waals surface area contributed by atoms with Crippen molar-refractivity contribution in [2.45, 2.75) is 193 Å². The summed E-state index contributed by atoms with van der Waals surface area (Å²) in [6.07, 6.45) is 2.39. The molecule has 1 saturated heterocycles. The van der Waals surface area contributed by atoms with Crippen LogP contribution in [0.15, 0.2) is 0 Å². The topological polar surface area (TPSA) is 380 Å². The summed E-state index contributed by atoms with van der Waals surface area (Å²) < 4.78 is 0. The van der Waals surface area contributed by atoms with Gasteiger partial charge in [0.25, 0.3) is 0 Å². The van der Waals surface area contributed by atoms with Gasteiger partial charge in [-0.15, -0.1) is 0 Å². The second kappa shape index (κ2) is 34.4. The Hall–Kier alpha value is -4.97. The molecule has 71 heavy (non-hydrogen) atoms. The van der Waals surface area contributed by atoms with Crippen molar-refractivity contribution in [1.29, 1.82) is 0 Å². The molecule has 0 aromatic carbocycles. The lowest BCUT2D eigenvalue weighted by molar-refractivity contribution is -0.136. The molecule has 0 aliphatic carbocycles. The highest BCUT2D eigenvalue weighted by Gasteiger charge is 2.35. The molecule has 10 atom stereocenters. The van der Waals surface area contributed by atoms with Gasteiger partial charge in [0.15, 0.2) is 0 Å². The van der Waals surface area contributed by atoms with E-state index in [1.807, 2.05) is 41.5 Å². The fourth-order valence-electron chi connectivity index (χ4n) is 7.89. The molecule has 1 aliphatic heterocycles. The summed E-state index contributed by atoms with van der Waals surface area (Å²) in [5.41, 5.74) is 17.6. The zero-order chi connectivity index (χ0) is 53.8. The fraction of sp³-hybridized carbons (Fsp3) is 0.812. The molecule has 0 aromatic heterocycles. The summed E-state index contributed by atoms with van der Waals surface area (Å²) in [7, 11) is 0. The molecular formula is C48H90N12O11. The minimum Gasteiger partial charge on any atom is -0.394 e. The zero-order valence-corrected chi connectivity index (χ0v) is 43.5. The summed E-state index contributed by atoms with van der Waals surface area (Å²) in [6, 6.07) is -10.6. The number of rotatable bonds is 24. The van der Waals surface area contributed by atoms with Crippen LogP contribution in [0.1, 0.15) is 139 Å². The number of hydrogen-bond donors (Lipinski definition) is 14. The van der Waals surface area contributed by atoms with Crippen LogP contribution in [0.4, 0.5) is 0 Å². The van der Waals surface area contributed by atoms with E-state index in [2.05, 4.69) is 61.7 Å². The average molecular weight is 1010 g/mol. The molecule has 0 spiro atoms. The molecule has 23 heteroatoms. The van der Waals surface area contributed by atoms with Crippen molar-refractivity contribution >= 4 is 53.2 Å². The molecule has 1 fully saturated rings. The van der Waals surface area contributed by atoms with Crippen LogP contribution in [0.25, 0.3) is 0 Å². The highest BCUT2D eigenvalue weighted by molar-refractivity contribution is 5.98. The van der Waals surface area contributed by atoms with Crippen LogP contribution in [0, 0.1) is 23.7 Å². The predicted octanol–water partition coefficient (Wildman–Crippen LogP) is -2.08. The molecule has 0 aromatic rings. The maximum absolute atomic E-state index is 14.2. The van der Waals surface area contributed by atoms with E-state index in [-0.39, 0.29) is 95.3 Å². The lowest BCUT2D eigenvalue weighted by Gasteiger charge is -2.29. The SMILES string of the molecule is CCC(C)CCCCC(O)CC(=O)NC(CO)C(=O)NC1CCNC(=O)C(CC(C)C)NC(=O)C(CCN)NC(=O)C(CCN)NC(=O)C(CC(C)C)NC(=O)C(CC(C)C)NC(=O)C(CCN)NC1=O. The van der Waals surface area contributed by atoms with Crippen LogP contribution in [0.3, 0.4) is 0 Å². The quantitative estimate of drug-likeness (QED) is 0.0462. The number of carbonyl (C=O) groups is 9. The normalized spacial score (nSPS) is 24.1. The molecule has 408 valence electrons. The van der Waals surface area contributed by atoms with Gasteiger partial charge in [0.1, 0.15) is 48.3 Å². The molecule has 0 radical (unpaired) electrons. The van der Waals surface area contributed by atoms with Crippen LogP contribution in [0.2, 0.25) is 0 Å². The van der Waals surface area contributed by atoms with Gasteiger partial charge in [-0.25, -0.2) is 0 Å². The van der Waals surface area contributed by atoms with Crippen molar-refractivity contribution in [3.63, 3.8) is 0 Å². The number of hydrogen-bond acceptors (Lipinski definition) is 14. The van der Waals surface area contributed by atoms with Crippen molar-refractivity contribution < 1.29 is 53.4 Å².